The molecular formula is C21H27NO4. The number of ether oxygens (including phenoxy) is 2. The van der Waals surface area contributed by atoms with Crippen LogP contribution < -0.4 is 0 Å². The Bertz CT molecular complexity index is 725. The zero-order chi connectivity index (χ0) is 18.1. The van der Waals surface area contributed by atoms with Crippen molar-refractivity contribution >= 4 is 5.91 Å². The number of aromatic hydroxyl groups is 1. The smallest absolute Gasteiger partial charge is 0.254 e. The van der Waals surface area contributed by atoms with Gasteiger partial charge in [0.2, 0.25) is 0 Å². The van der Waals surface area contributed by atoms with Gasteiger partial charge in [-0.15, -0.1) is 0 Å². The van der Waals surface area contributed by atoms with Crippen LogP contribution in [0, 0.1) is 12.3 Å². The van der Waals surface area contributed by atoms with Crippen LogP contribution in [0.1, 0.15) is 41.6 Å². The molecule has 1 aromatic carbocycles. The molecule has 0 bridgehead atoms. The third kappa shape index (κ3) is 2.93. The number of carbonyl (C=O) groups excluding carboxylic acids is 1. The normalized spacial score (nSPS) is 29.0. The first-order valence-corrected chi connectivity index (χ1v) is 9.57. The highest BCUT2D eigenvalue weighted by Gasteiger charge is 2.50. The molecule has 3 aliphatic heterocycles. The molecule has 0 aromatic heterocycles. The third-order valence-corrected chi connectivity index (χ3v) is 6.25. The molecule has 1 aromatic rings. The minimum absolute atomic E-state index is 0.0297. The average molecular weight is 357 g/mol. The van der Waals surface area contributed by atoms with Crippen LogP contribution in [0.2, 0.25) is 0 Å². The van der Waals surface area contributed by atoms with E-state index in [1.165, 1.54) is 5.57 Å². The van der Waals surface area contributed by atoms with E-state index < -0.39 is 0 Å². The van der Waals surface area contributed by atoms with Crippen molar-refractivity contribution in [3.05, 3.63) is 41.0 Å². The molecule has 4 rings (SSSR count). The minimum atomic E-state index is -0.0827. The van der Waals surface area contributed by atoms with Gasteiger partial charge in [-0.25, -0.2) is 0 Å². The Morgan fingerprint density at radius 1 is 1.31 bits per heavy atom. The van der Waals surface area contributed by atoms with E-state index in [4.69, 9.17) is 9.47 Å². The van der Waals surface area contributed by atoms with Crippen LogP contribution in [0.15, 0.2) is 29.8 Å². The van der Waals surface area contributed by atoms with E-state index in [2.05, 4.69) is 6.08 Å². The lowest BCUT2D eigenvalue weighted by atomic mass is 9.65. The average Bonchev–Trinajstić information content (AvgIpc) is 2.69. The van der Waals surface area contributed by atoms with Gasteiger partial charge in [-0.1, -0.05) is 17.7 Å². The van der Waals surface area contributed by atoms with Crippen molar-refractivity contribution in [2.45, 2.75) is 38.6 Å². The van der Waals surface area contributed by atoms with Gasteiger partial charge in [0, 0.05) is 30.2 Å². The Balaban J connectivity index is 1.69. The van der Waals surface area contributed by atoms with E-state index in [0.717, 1.165) is 44.4 Å². The Labute approximate surface area is 154 Å². The zero-order valence-electron chi connectivity index (χ0n) is 15.4. The fourth-order valence-electron chi connectivity index (χ4n) is 4.92. The second-order valence-electron chi connectivity index (χ2n) is 7.67. The number of likely N-dealkylation sites (tertiary alicyclic amines) is 1. The van der Waals surface area contributed by atoms with Crippen LogP contribution in [0.3, 0.4) is 0 Å². The molecule has 3 aliphatic rings. The lowest BCUT2D eigenvalue weighted by molar-refractivity contribution is -0.0739. The number of carbonyl (C=O) groups is 1. The second-order valence-corrected chi connectivity index (χ2v) is 7.67. The first-order chi connectivity index (χ1) is 12.6. The van der Waals surface area contributed by atoms with E-state index in [9.17, 15) is 9.90 Å². The standard InChI is InChI=1S/C21H27NO4/c1-15-3-4-17(23)13-18(15)20(24)22-9-2-8-21(14-26-12-7-19(21)22)16-5-10-25-11-6-16/h3-5,13,19,23H,2,6-12,14H2,1H3/t19-,21-/m1/s1. The summed E-state index contributed by atoms with van der Waals surface area (Å²) >= 11 is 0. The quantitative estimate of drug-likeness (QED) is 0.827. The molecule has 0 aliphatic carbocycles. The molecule has 5 heteroatoms. The molecule has 2 fully saturated rings. The number of benzene rings is 1. The van der Waals surface area contributed by atoms with Crippen LogP contribution in [0.4, 0.5) is 0 Å². The summed E-state index contributed by atoms with van der Waals surface area (Å²) in [6.07, 6.45) is 6.03. The van der Waals surface area contributed by atoms with Gasteiger partial charge in [-0.05, 0) is 50.3 Å². The Morgan fingerprint density at radius 3 is 3.00 bits per heavy atom. The van der Waals surface area contributed by atoms with Crippen molar-refractivity contribution < 1.29 is 19.4 Å². The largest absolute Gasteiger partial charge is 0.508 e. The summed E-state index contributed by atoms with van der Waals surface area (Å²) in [6.45, 7) is 5.48. The molecular weight excluding hydrogens is 330 g/mol. The highest BCUT2D eigenvalue weighted by Crippen LogP contribution is 2.48. The molecule has 0 radical (unpaired) electrons. The summed E-state index contributed by atoms with van der Waals surface area (Å²) < 4.78 is 11.4. The number of piperidine rings is 1. The van der Waals surface area contributed by atoms with Crippen molar-refractivity contribution in [1.82, 2.24) is 4.90 Å². The molecule has 26 heavy (non-hydrogen) atoms. The van der Waals surface area contributed by atoms with Gasteiger partial charge < -0.3 is 19.5 Å². The van der Waals surface area contributed by atoms with Gasteiger partial charge in [0.25, 0.3) is 5.91 Å². The predicted octanol–water partition coefficient (Wildman–Crippen LogP) is 3.06. The number of rotatable bonds is 2. The summed E-state index contributed by atoms with van der Waals surface area (Å²) in [7, 11) is 0. The monoisotopic (exact) mass is 357 g/mol. The topological polar surface area (TPSA) is 59.0 Å². The number of phenols is 1. The summed E-state index contributed by atoms with van der Waals surface area (Å²) in [5.74, 6) is 0.170. The number of amides is 1. The molecule has 0 spiro atoms. The predicted molar refractivity (Wildman–Crippen MR) is 98.3 cm³/mol. The minimum Gasteiger partial charge on any atom is -0.508 e. The van der Waals surface area contributed by atoms with Crippen molar-refractivity contribution in [2.24, 2.45) is 5.41 Å². The van der Waals surface area contributed by atoms with Gasteiger partial charge >= 0.3 is 0 Å². The summed E-state index contributed by atoms with van der Waals surface area (Å²) in [6, 6.07) is 5.20. The van der Waals surface area contributed by atoms with Crippen LogP contribution in [-0.4, -0.2) is 54.9 Å². The van der Waals surface area contributed by atoms with Crippen LogP contribution >= 0.6 is 0 Å². The van der Waals surface area contributed by atoms with Crippen LogP contribution in [0.5, 0.6) is 5.75 Å². The summed E-state index contributed by atoms with van der Waals surface area (Å²) in [5, 5.41) is 9.86. The maximum Gasteiger partial charge on any atom is 0.254 e. The Kier molecular flexibility index (Phi) is 4.76. The zero-order valence-corrected chi connectivity index (χ0v) is 15.4. The molecule has 2 atom stereocenters. The molecule has 0 saturated carbocycles. The lowest BCUT2D eigenvalue weighted by Crippen LogP contribution is -2.59. The highest BCUT2D eigenvalue weighted by atomic mass is 16.5. The van der Waals surface area contributed by atoms with E-state index in [-0.39, 0.29) is 23.1 Å². The number of hydrogen-bond acceptors (Lipinski definition) is 4. The molecule has 0 unspecified atom stereocenters. The SMILES string of the molecule is Cc1ccc(O)cc1C(=O)N1CCC[C@]2(C3=CCOCC3)COCC[C@@H]12. The summed E-state index contributed by atoms with van der Waals surface area (Å²) in [5.41, 5.74) is 2.83. The lowest BCUT2D eigenvalue weighted by Gasteiger charge is -2.54. The number of nitrogens with zero attached hydrogens (tertiary/aromatic N) is 1. The van der Waals surface area contributed by atoms with Gasteiger partial charge in [0.15, 0.2) is 0 Å². The number of hydrogen-bond donors (Lipinski definition) is 1. The first-order valence-electron chi connectivity index (χ1n) is 9.57. The van der Waals surface area contributed by atoms with Gasteiger partial charge in [0.1, 0.15) is 5.75 Å². The van der Waals surface area contributed by atoms with E-state index >= 15 is 0 Å². The van der Waals surface area contributed by atoms with Gasteiger partial charge in [-0.2, -0.15) is 0 Å². The molecule has 5 nitrogen and oxygen atoms in total. The Morgan fingerprint density at radius 2 is 2.19 bits per heavy atom. The number of fused-ring (bicyclic) bond motifs is 1. The molecule has 1 N–H and O–H groups in total. The molecule has 140 valence electrons. The van der Waals surface area contributed by atoms with Crippen molar-refractivity contribution in [1.29, 1.82) is 0 Å². The summed E-state index contributed by atoms with van der Waals surface area (Å²) in [4.78, 5) is 15.4. The maximum absolute atomic E-state index is 13.4. The fraction of sp³-hybridized carbons (Fsp3) is 0.571. The second kappa shape index (κ2) is 7.05. The fourth-order valence-corrected chi connectivity index (χ4v) is 4.92. The first kappa shape index (κ1) is 17.6. The number of aryl methyl sites for hydroxylation is 1. The van der Waals surface area contributed by atoms with Gasteiger partial charge in [-0.3, -0.25) is 4.79 Å². The number of phenolic OH excluding ortho intramolecular Hbond substituents is 1. The highest BCUT2D eigenvalue weighted by molar-refractivity contribution is 5.96. The van der Waals surface area contributed by atoms with Crippen LogP contribution in [-0.2, 0) is 9.47 Å². The van der Waals surface area contributed by atoms with Crippen LogP contribution in [0.25, 0.3) is 0 Å². The Hall–Kier alpha value is -1.85. The maximum atomic E-state index is 13.4. The third-order valence-electron chi connectivity index (χ3n) is 6.25. The molecule has 2 saturated heterocycles. The van der Waals surface area contributed by atoms with E-state index in [0.29, 0.717) is 25.4 Å². The molecule has 3 heterocycles. The van der Waals surface area contributed by atoms with Crippen molar-refractivity contribution in [3.8, 4) is 5.75 Å². The van der Waals surface area contributed by atoms with Crippen molar-refractivity contribution in [3.63, 3.8) is 0 Å². The van der Waals surface area contributed by atoms with E-state index in [1.54, 1.807) is 12.1 Å². The van der Waals surface area contributed by atoms with Gasteiger partial charge in [0.05, 0.1) is 19.8 Å². The van der Waals surface area contributed by atoms with E-state index in [1.807, 2.05) is 17.9 Å². The molecule has 1 amide bonds. The van der Waals surface area contributed by atoms with Crippen molar-refractivity contribution in [2.75, 3.05) is 33.0 Å².